The van der Waals surface area contributed by atoms with Crippen molar-refractivity contribution in [1.29, 1.82) is 0 Å². The Balaban J connectivity index is 2.09. The summed E-state index contributed by atoms with van der Waals surface area (Å²) in [6.45, 7) is 0. The van der Waals surface area contributed by atoms with Crippen molar-refractivity contribution in [3.63, 3.8) is 0 Å². The van der Waals surface area contributed by atoms with Crippen molar-refractivity contribution in [2.24, 2.45) is 5.73 Å². The van der Waals surface area contributed by atoms with Crippen LogP contribution in [0.4, 0.5) is 0 Å². The van der Waals surface area contributed by atoms with Gasteiger partial charge in [-0.15, -0.1) is 0 Å². The first kappa shape index (κ1) is 16.5. The third kappa shape index (κ3) is 4.30. The van der Waals surface area contributed by atoms with E-state index in [0.717, 1.165) is 0 Å². The predicted molar refractivity (Wildman–Crippen MR) is 81.3 cm³/mol. The molecule has 2 aromatic rings. The minimum absolute atomic E-state index is 0.0552. The zero-order valence-electron chi connectivity index (χ0n) is 12.5. The Hall–Kier alpha value is -2.87. The number of hydrogen-bond acceptors (Lipinski definition) is 6. The van der Waals surface area contributed by atoms with Crippen molar-refractivity contribution in [2.45, 2.75) is 18.5 Å². The number of aromatic amines is 1. The number of phenols is 1. The summed E-state index contributed by atoms with van der Waals surface area (Å²) in [4.78, 5) is 30.8. The van der Waals surface area contributed by atoms with Gasteiger partial charge in [-0.3, -0.25) is 4.79 Å². The summed E-state index contributed by atoms with van der Waals surface area (Å²) >= 11 is 0. The molecule has 23 heavy (non-hydrogen) atoms. The highest BCUT2D eigenvalue weighted by molar-refractivity contribution is 5.88. The summed E-state index contributed by atoms with van der Waals surface area (Å²) in [7, 11) is 1.23. The van der Waals surface area contributed by atoms with Gasteiger partial charge in [0.2, 0.25) is 5.91 Å². The maximum Gasteiger partial charge on any atom is 0.333 e. The highest BCUT2D eigenvalue weighted by Gasteiger charge is 2.26. The highest BCUT2D eigenvalue weighted by atomic mass is 16.5. The Morgan fingerprint density at radius 2 is 2.09 bits per heavy atom. The lowest BCUT2D eigenvalue weighted by Gasteiger charge is -2.19. The molecule has 0 aliphatic rings. The first-order valence-corrected chi connectivity index (χ1v) is 6.91. The van der Waals surface area contributed by atoms with E-state index in [1.165, 1.54) is 37.7 Å². The summed E-state index contributed by atoms with van der Waals surface area (Å²) in [5.74, 6) is -1.07. The molecule has 0 spiro atoms. The second-order valence-corrected chi connectivity index (χ2v) is 4.94. The average molecular weight is 318 g/mol. The molecule has 1 aromatic heterocycles. The summed E-state index contributed by atoms with van der Waals surface area (Å²) in [5.41, 5.74) is 7.05. The minimum Gasteiger partial charge on any atom is -0.508 e. The van der Waals surface area contributed by atoms with E-state index < -0.39 is 24.0 Å². The van der Waals surface area contributed by atoms with Gasteiger partial charge in [0.25, 0.3) is 0 Å². The number of rotatable bonds is 6. The number of H-pyrrole nitrogens is 1. The molecule has 0 bridgehead atoms. The summed E-state index contributed by atoms with van der Waals surface area (Å²) in [6.07, 6.45) is 3.33. The Bertz CT molecular complexity index is 655. The van der Waals surface area contributed by atoms with Gasteiger partial charge in [-0.1, -0.05) is 12.1 Å². The van der Waals surface area contributed by atoms with Gasteiger partial charge in [0.15, 0.2) is 6.04 Å². The molecule has 5 N–H and O–H groups in total. The number of carbonyl (C=O) groups excluding carboxylic acids is 2. The van der Waals surface area contributed by atoms with Crippen molar-refractivity contribution in [3.8, 4) is 5.75 Å². The van der Waals surface area contributed by atoms with E-state index in [4.69, 9.17) is 10.5 Å². The Kier molecular flexibility index (Phi) is 5.32. The molecule has 8 heteroatoms. The molecule has 0 aliphatic carbocycles. The van der Waals surface area contributed by atoms with Crippen LogP contribution in [0.1, 0.15) is 17.3 Å². The molecule has 1 heterocycles. The van der Waals surface area contributed by atoms with E-state index in [9.17, 15) is 14.7 Å². The molecule has 2 atom stereocenters. The Morgan fingerprint density at radius 3 is 2.65 bits per heavy atom. The number of ether oxygens (including phenoxy) is 1. The van der Waals surface area contributed by atoms with Crippen LogP contribution < -0.4 is 11.1 Å². The highest BCUT2D eigenvalue weighted by Crippen LogP contribution is 2.18. The lowest BCUT2D eigenvalue weighted by atomic mass is 10.1. The van der Waals surface area contributed by atoms with E-state index in [1.807, 2.05) is 0 Å². The number of esters is 1. The number of nitrogens with zero attached hydrogens (tertiary/aromatic N) is 1. The summed E-state index contributed by atoms with van der Waals surface area (Å²) in [6, 6.07) is 4.04. The molecule has 0 aliphatic heterocycles. The number of carbonyl (C=O) groups is 2. The van der Waals surface area contributed by atoms with E-state index in [2.05, 4.69) is 15.3 Å². The lowest BCUT2D eigenvalue weighted by Crippen LogP contribution is -2.45. The van der Waals surface area contributed by atoms with Crippen LogP contribution in [0.5, 0.6) is 5.75 Å². The van der Waals surface area contributed by atoms with Gasteiger partial charge >= 0.3 is 5.97 Å². The zero-order chi connectivity index (χ0) is 16.8. The standard InChI is InChI=1S/C15H18N4O4/c1-23-15(22)13(9-2-4-11(20)5-3-9)19-14(21)12(16)6-10-7-17-8-18-10/h2-5,7-8,12-13,20H,6,16H2,1H3,(H,17,18)(H,19,21). The first-order chi connectivity index (χ1) is 11.0. The van der Waals surface area contributed by atoms with Gasteiger partial charge in [-0.05, 0) is 17.7 Å². The number of benzene rings is 1. The van der Waals surface area contributed by atoms with Crippen LogP contribution in [0.3, 0.4) is 0 Å². The van der Waals surface area contributed by atoms with Crippen LogP contribution in [0, 0.1) is 0 Å². The van der Waals surface area contributed by atoms with Crippen molar-refractivity contribution < 1.29 is 19.4 Å². The number of aromatic nitrogens is 2. The van der Waals surface area contributed by atoms with Crippen molar-refractivity contribution in [3.05, 3.63) is 48.0 Å². The molecule has 8 nitrogen and oxygen atoms in total. The Morgan fingerprint density at radius 1 is 1.39 bits per heavy atom. The van der Waals surface area contributed by atoms with Crippen molar-refractivity contribution in [1.82, 2.24) is 15.3 Å². The van der Waals surface area contributed by atoms with Crippen LogP contribution >= 0.6 is 0 Å². The molecule has 0 fully saturated rings. The molecular weight excluding hydrogens is 300 g/mol. The van der Waals surface area contributed by atoms with Gasteiger partial charge in [0.1, 0.15) is 5.75 Å². The number of amides is 1. The second kappa shape index (κ2) is 7.41. The van der Waals surface area contributed by atoms with Crippen molar-refractivity contribution >= 4 is 11.9 Å². The van der Waals surface area contributed by atoms with Gasteiger partial charge in [-0.25, -0.2) is 9.78 Å². The van der Waals surface area contributed by atoms with E-state index in [0.29, 0.717) is 11.3 Å². The largest absolute Gasteiger partial charge is 0.508 e. The minimum atomic E-state index is -0.999. The number of methoxy groups -OCH3 is 1. The Labute approximate surface area is 132 Å². The molecule has 2 rings (SSSR count). The van der Waals surface area contributed by atoms with E-state index in [-0.39, 0.29) is 12.2 Å². The predicted octanol–water partition coefficient (Wildman–Crippen LogP) is 0.0156. The maximum atomic E-state index is 12.2. The molecule has 1 aromatic carbocycles. The summed E-state index contributed by atoms with van der Waals surface area (Å²) < 4.78 is 4.71. The lowest BCUT2D eigenvalue weighted by molar-refractivity contribution is -0.145. The molecule has 0 saturated heterocycles. The first-order valence-electron chi connectivity index (χ1n) is 6.91. The fourth-order valence-electron chi connectivity index (χ4n) is 2.04. The molecular formula is C15H18N4O4. The quantitative estimate of drug-likeness (QED) is 0.555. The monoisotopic (exact) mass is 318 g/mol. The van der Waals surface area contributed by atoms with Gasteiger partial charge < -0.3 is 25.9 Å². The molecule has 122 valence electrons. The molecule has 1 amide bonds. The molecule has 2 unspecified atom stereocenters. The van der Waals surface area contributed by atoms with E-state index in [1.54, 1.807) is 6.20 Å². The maximum absolute atomic E-state index is 12.2. The molecule has 0 radical (unpaired) electrons. The second-order valence-electron chi connectivity index (χ2n) is 4.94. The SMILES string of the molecule is COC(=O)C(NC(=O)C(N)Cc1cnc[nH]1)c1ccc(O)cc1. The molecule has 0 saturated carbocycles. The average Bonchev–Trinajstić information content (AvgIpc) is 3.05. The van der Waals surface area contributed by atoms with Gasteiger partial charge in [0.05, 0.1) is 19.5 Å². The fraction of sp³-hybridized carbons (Fsp3) is 0.267. The zero-order valence-corrected chi connectivity index (χ0v) is 12.5. The van der Waals surface area contributed by atoms with Crippen LogP contribution in [-0.2, 0) is 20.7 Å². The number of hydrogen-bond donors (Lipinski definition) is 4. The smallest absolute Gasteiger partial charge is 0.333 e. The number of imidazole rings is 1. The summed E-state index contributed by atoms with van der Waals surface area (Å²) in [5, 5.41) is 11.9. The van der Waals surface area contributed by atoms with Crippen molar-refractivity contribution in [2.75, 3.05) is 7.11 Å². The van der Waals surface area contributed by atoms with Gasteiger partial charge in [0, 0.05) is 18.3 Å². The normalized spacial score (nSPS) is 13.1. The third-order valence-corrected chi connectivity index (χ3v) is 3.28. The number of phenolic OH excluding ortho intramolecular Hbond substituents is 1. The number of aromatic hydroxyl groups is 1. The van der Waals surface area contributed by atoms with Crippen LogP contribution in [0.2, 0.25) is 0 Å². The van der Waals surface area contributed by atoms with Crippen LogP contribution in [0.15, 0.2) is 36.8 Å². The number of nitrogens with one attached hydrogen (secondary N) is 2. The third-order valence-electron chi connectivity index (χ3n) is 3.28. The van der Waals surface area contributed by atoms with Gasteiger partial charge in [-0.2, -0.15) is 0 Å². The number of nitrogens with two attached hydrogens (primary N) is 1. The van der Waals surface area contributed by atoms with Crippen LogP contribution in [0.25, 0.3) is 0 Å². The van der Waals surface area contributed by atoms with E-state index >= 15 is 0 Å². The van der Waals surface area contributed by atoms with Crippen LogP contribution in [-0.4, -0.2) is 40.1 Å². The fourth-order valence-corrected chi connectivity index (χ4v) is 2.04. The topological polar surface area (TPSA) is 130 Å².